The van der Waals surface area contributed by atoms with Crippen molar-refractivity contribution in [1.82, 2.24) is 4.90 Å². The number of methoxy groups -OCH3 is 1. The van der Waals surface area contributed by atoms with E-state index in [2.05, 4.69) is 0 Å². The van der Waals surface area contributed by atoms with Crippen LogP contribution in [-0.4, -0.2) is 61.7 Å². The molecule has 218 valence electrons. The van der Waals surface area contributed by atoms with Crippen molar-refractivity contribution in [3.8, 4) is 0 Å². The standard InChI is InChI=1S/C34H41NO6/c1-37-34-33(40-25-28-18-10-4-11-19-28)32(39-24-27-16-8-3-9-17-27)31(38-23-26-14-6-2-7-15-26)29(41-34)22-35-21-13-5-12-20-30(35)36/h2-4,6-11,14-19,29,31-34H,5,12-13,20-25H2,1H3/t29-,31-,32+,33+,34+/m1/s1. The van der Waals surface area contributed by atoms with Crippen LogP contribution < -0.4 is 0 Å². The predicted molar refractivity (Wildman–Crippen MR) is 156 cm³/mol. The fourth-order valence-corrected chi connectivity index (χ4v) is 5.53. The van der Waals surface area contributed by atoms with E-state index in [-0.39, 0.29) is 5.91 Å². The molecule has 2 aliphatic rings. The molecule has 2 saturated heterocycles. The van der Waals surface area contributed by atoms with Crippen molar-refractivity contribution >= 4 is 5.91 Å². The van der Waals surface area contributed by atoms with E-state index in [1.807, 2.05) is 95.9 Å². The van der Waals surface area contributed by atoms with Crippen LogP contribution in [0.2, 0.25) is 0 Å². The number of hydrogen-bond donors (Lipinski definition) is 0. The average molecular weight is 560 g/mol. The predicted octanol–water partition coefficient (Wildman–Crippen LogP) is 5.52. The molecule has 41 heavy (non-hydrogen) atoms. The molecule has 0 aromatic heterocycles. The minimum absolute atomic E-state index is 0.158. The number of carbonyl (C=O) groups is 1. The van der Waals surface area contributed by atoms with Crippen LogP contribution in [0, 0.1) is 0 Å². The zero-order valence-corrected chi connectivity index (χ0v) is 23.8. The van der Waals surface area contributed by atoms with Gasteiger partial charge in [0.1, 0.15) is 24.4 Å². The molecular formula is C34H41NO6. The van der Waals surface area contributed by atoms with Crippen LogP contribution in [0.1, 0.15) is 42.4 Å². The Morgan fingerprint density at radius 2 is 1.20 bits per heavy atom. The van der Waals surface area contributed by atoms with Crippen molar-refractivity contribution in [1.29, 1.82) is 0 Å². The maximum Gasteiger partial charge on any atom is 0.222 e. The van der Waals surface area contributed by atoms with E-state index in [9.17, 15) is 4.79 Å². The van der Waals surface area contributed by atoms with Crippen molar-refractivity contribution in [2.24, 2.45) is 0 Å². The minimum atomic E-state index is -0.692. The lowest BCUT2D eigenvalue weighted by Gasteiger charge is -2.46. The summed E-state index contributed by atoms with van der Waals surface area (Å²) in [6, 6.07) is 30.2. The van der Waals surface area contributed by atoms with Crippen molar-refractivity contribution in [2.45, 2.75) is 76.2 Å². The Bertz CT molecular complexity index is 1180. The number of likely N-dealkylation sites (tertiary alicyclic amines) is 1. The molecule has 0 unspecified atom stereocenters. The van der Waals surface area contributed by atoms with E-state index in [4.69, 9.17) is 23.7 Å². The maximum atomic E-state index is 13.0. The second-order valence-electron chi connectivity index (χ2n) is 10.7. The molecule has 0 bridgehead atoms. The monoisotopic (exact) mass is 559 g/mol. The van der Waals surface area contributed by atoms with Crippen molar-refractivity contribution in [3.05, 3.63) is 108 Å². The number of rotatable bonds is 12. The van der Waals surface area contributed by atoms with Gasteiger partial charge in [0, 0.05) is 26.6 Å². The van der Waals surface area contributed by atoms with Crippen LogP contribution in [-0.2, 0) is 48.3 Å². The first-order valence-electron chi connectivity index (χ1n) is 14.6. The molecule has 3 aromatic carbocycles. The molecule has 2 heterocycles. The molecule has 0 spiro atoms. The Morgan fingerprint density at radius 1 is 0.683 bits per heavy atom. The summed E-state index contributed by atoms with van der Waals surface area (Å²) in [4.78, 5) is 14.9. The Morgan fingerprint density at radius 3 is 1.73 bits per heavy atom. The number of hydrogen-bond acceptors (Lipinski definition) is 6. The van der Waals surface area contributed by atoms with Crippen LogP contribution in [0.4, 0.5) is 0 Å². The largest absolute Gasteiger partial charge is 0.368 e. The van der Waals surface area contributed by atoms with Gasteiger partial charge in [-0.2, -0.15) is 0 Å². The first-order valence-corrected chi connectivity index (χ1v) is 14.6. The Balaban J connectivity index is 1.43. The molecule has 3 aromatic rings. The summed E-state index contributed by atoms with van der Waals surface area (Å²) < 4.78 is 32.2. The second kappa shape index (κ2) is 15.2. The van der Waals surface area contributed by atoms with Gasteiger partial charge >= 0.3 is 0 Å². The highest BCUT2D eigenvalue weighted by atomic mass is 16.7. The first-order chi connectivity index (χ1) is 20.2. The van der Waals surface area contributed by atoms with Crippen molar-refractivity contribution < 1.29 is 28.5 Å². The third-order valence-electron chi connectivity index (χ3n) is 7.75. The maximum absolute atomic E-state index is 13.0. The normalized spacial score (nSPS) is 25.1. The quantitative estimate of drug-likeness (QED) is 0.291. The van der Waals surface area contributed by atoms with Crippen LogP contribution in [0.25, 0.3) is 0 Å². The highest BCUT2D eigenvalue weighted by Crippen LogP contribution is 2.32. The van der Waals surface area contributed by atoms with Gasteiger partial charge in [0.25, 0.3) is 0 Å². The zero-order valence-electron chi connectivity index (χ0n) is 23.8. The molecular weight excluding hydrogens is 518 g/mol. The highest BCUT2D eigenvalue weighted by molar-refractivity contribution is 5.76. The molecule has 0 saturated carbocycles. The van der Waals surface area contributed by atoms with Crippen LogP contribution in [0.15, 0.2) is 91.0 Å². The van der Waals surface area contributed by atoms with E-state index in [0.29, 0.717) is 39.3 Å². The van der Waals surface area contributed by atoms with E-state index in [1.54, 1.807) is 7.11 Å². The van der Waals surface area contributed by atoms with Gasteiger partial charge in [0.15, 0.2) is 6.29 Å². The molecule has 7 heteroatoms. The van der Waals surface area contributed by atoms with Gasteiger partial charge in [0.05, 0.1) is 19.8 Å². The Labute approximate surface area is 243 Å². The fraction of sp³-hybridized carbons (Fsp3) is 0.441. The van der Waals surface area contributed by atoms with Crippen molar-refractivity contribution in [3.63, 3.8) is 0 Å². The smallest absolute Gasteiger partial charge is 0.222 e. The lowest BCUT2D eigenvalue weighted by molar-refractivity contribution is -0.318. The molecule has 2 aliphatic heterocycles. The third kappa shape index (κ3) is 8.24. The molecule has 0 radical (unpaired) electrons. The van der Waals surface area contributed by atoms with Gasteiger partial charge in [-0.15, -0.1) is 0 Å². The number of ether oxygens (including phenoxy) is 5. The summed E-state index contributed by atoms with van der Waals surface area (Å²) in [5, 5.41) is 0. The van der Waals surface area contributed by atoms with Gasteiger partial charge in [-0.25, -0.2) is 0 Å². The van der Waals surface area contributed by atoms with E-state index in [1.165, 1.54) is 0 Å². The lowest BCUT2D eigenvalue weighted by atomic mass is 9.97. The average Bonchev–Trinajstić information content (AvgIpc) is 3.23. The molecule has 2 fully saturated rings. The summed E-state index contributed by atoms with van der Waals surface area (Å²) >= 11 is 0. The molecule has 7 nitrogen and oxygen atoms in total. The van der Waals surface area contributed by atoms with Gasteiger partial charge in [0.2, 0.25) is 5.91 Å². The molecule has 0 N–H and O–H groups in total. The summed E-state index contributed by atoms with van der Waals surface area (Å²) in [6.07, 6.45) is 0.821. The molecule has 5 rings (SSSR count). The van der Waals surface area contributed by atoms with Crippen LogP contribution in [0.3, 0.4) is 0 Å². The SMILES string of the molecule is CO[C@H]1O[C@H](CN2CCCCCC2=O)[C@@H](OCc2ccccc2)[C@H](OCc2ccccc2)[C@@H]1OCc1ccccc1. The van der Waals surface area contributed by atoms with Gasteiger partial charge in [-0.05, 0) is 29.5 Å². The molecule has 1 amide bonds. The molecule has 5 atom stereocenters. The van der Waals surface area contributed by atoms with Crippen molar-refractivity contribution in [2.75, 3.05) is 20.2 Å². The highest BCUT2D eigenvalue weighted by Gasteiger charge is 2.49. The summed E-state index contributed by atoms with van der Waals surface area (Å²) in [7, 11) is 1.62. The van der Waals surface area contributed by atoms with Crippen LogP contribution >= 0.6 is 0 Å². The summed E-state index contributed by atoms with van der Waals surface area (Å²) in [5.74, 6) is 0.158. The zero-order chi connectivity index (χ0) is 28.3. The van der Waals surface area contributed by atoms with E-state index in [0.717, 1.165) is 36.0 Å². The Hall–Kier alpha value is -3.07. The molecule has 0 aliphatic carbocycles. The minimum Gasteiger partial charge on any atom is -0.368 e. The number of carbonyl (C=O) groups excluding carboxylic acids is 1. The fourth-order valence-electron chi connectivity index (χ4n) is 5.53. The number of nitrogens with zero attached hydrogens (tertiary/aromatic N) is 1. The van der Waals surface area contributed by atoms with Crippen LogP contribution in [0.5, 0.6) is 0 Å². The number of amides is 1. The lowest BCUT2D eigenvalue weighted by Crippen LogP contribution is -2.63. The van der Waals surface area contributed by atoms with Gasteiger partial charge < -0.3 is 28.6 Å². The summed E-state index contributed by atoms with van der Waals surface area (Å²) in [6.45, 7) is 2.27. The summed E-state index contributed by atoms with van der Waals surface area (Å²) in [5.41, 5.74) is 3.15. The van der Waals surface area contributed by atoms with Gasteiger partial charge in [-0.1, -0.05) is 97.4 Å². The topological polar surface area (TPSA) is 66.5 Å². The van der Waals surface area contributed by atoms with E-state index < -0.39 is 30.7 Å². The van der Waals surface area contributed by atoms with E-state index >= 15 is 0 Å². The second-order valence-corrected chi connectivity index (χ2v) is 10.7. The number of benzene rings is 3. The first kappa shape index (κ1) is 29.4. The Kier molecular flexibility index (Phi) is 10.9. The van der Waals surface area contributed by atoms with Gasteiger partial charge in [-0.3, -0.25) is 4.79 Å². The third-order valence-corrected chi connectivity index (χ3v) is 7.75.